The molecule has 3 heterocycles. The van der Waals surface area contributed by atoms with E-state index in [-0.39, 0.29) is 17.5 Å². The third kappa shape index (κ3) is 4.92. The van der Waals surface area contributed by atoms with Gasteiger partial charge in [-0.2, -0.15) is 9.40 Å². The van der Waals surface area contributed by atoms with Crippen molar-refractivity contribution < 1.29 is 27.2 Å². The summed E-state index contributed by atoms with van der Waals surface area (Å²) < 4.78 is 47.5. The number of aryl methyl sites for hydroxylation is 1. The van der Waals surface area contributed by atoms with Crippen LogP contribution in [0.25, 0.3) is 15.9 Å². The molecule has 0 radical (unpaired) electrons. The van der Waals surface area contributed by atoms with Crippen molar-refractivity contribution in [3.8, 4) is 5.69 Å². The van der Waals surface area contributed by atoms with Gasteiger partial charge in [-0.3, -0.25) is 0 Å². The molecule has 0 unspecified atom stereocenters. The molecule has 0 bridgehead atoms. The van der Waals surface area contributed by atoms with Crippen LogP contribution in [-0.2, 0) is 14.8 Å². The predicted octanol–water partition coefficient (Wildman–Crippen LogP) is 2.28. The molecule has 188 valence electrons. The first-order chi connectivity index (χ1) is 17.3. The Labute approximate surface area is 212 Å². The Bertz CT molecular complexity index is 1480. The molecule has 1 fully saturated rings. The minimum absolute atomic E-state index is 0.0928. The minimum Gasteiger partial charge on any atom is -0.456 e. The van der Waals surface area contributed by atoms with Crippen molar-refractivity contribution >= 4 is 37.5 Å². The second-order valence-electron chi connectivity index (χ2n) is 8.66. The van der Waals surface area contributed by atoms with Crippen LogP contribution < -0.4 is 4.90 Å². The fourth-order valence-electron chi connectivity index (χ4n) is 4.30. The molecule has 0 spiro atoms. The van der Waals surface area contributed by atoms with Crippen LogP contribution in [0.15, 0.2) is 65.6 Å². The molecular formula is C25H26FN4O4S2+. The van der Waals surface area contributed by atoms with Crippen LogP contribution in [0.5, 0.6) is 0 Å². The molecule has 8 nitrogen and oxygen atoms in total. The zero-order chi connectivity index (χ0) is 25.3. The molecule has 0 saturated carbocycles. The van der Waals surface area contributed by atoms with Gasteiger partial charge in [0.2, 0.25) is 10.0 Å². The maximum absolute atomic E-state index is 13.1. The van der Waals surface area contributed by atoms with Crippen molar-refractivity contribution in [2.75, 3.05) is 39.3 Å². The van der Waals surface area contributed by atoms with Crippen molar-refractivity contribution in [3.05, 3.63) is 77.1 Å². The number of nitrogens with one attached hydrogen (secondary N) is 1. The van der Waals surface area contributed by atoms with E-state index in [1.807, 2.05) is 48.0 Å². The number of piperazine rings is 1. The molecule has 2 aromatic heterocycles. The van der Waals surface area contributed by atoms with Crippen LogP contribution in [0.3, 0.4) is 0 Å². The summed E-state index contributed by atoms with van der Waals surface area (Å²) in [5.74, 6) is -0.839. The van der Waals surface area contributed by atoms with E-state index in [1.54, 1.807) is 0 Å². The molecule has 36 heavy (non-hydrogen) atoms. The molecular weight excluding hydrogens is 503 g/mol. The van der Waals surface area contributed by atoms with Crippen molar-refractivity contribution in [3.63, 3.8) is 0 Å². The summed E-state index contributed by atoms with van der Waals surface area (Å²) in [5, 5.41) is 5.53. The van der Waals surface area contributed by atoms with E-state index in [9.17, 15) is 17.6 Å². The maximum Gasteiger partial charge on any atom is 0.348 e. The first-order valence-corrected chi connectivity index (χ1v) is 13.9. The highest BCUT2D eigenvalue weighted by Gasteiger charge is 2.30. The monoisotopic (exact) mass is 529 g/mol. The Morgan fingerprint density at radius 2 is 1.81 bits per heavy atom. The van der Waals surface area contributed by atoms with Crippen molar-refractivity contribution in [1.29, 1.82) is 0 Å². The van der Waals surface area contributed by atoms with Gasteiger partial charge in [0.05, 0.1) is 42.5 Å². The zero-order valence-corrected chi connectivity index (χ0v) is 21.3. The number of esters is 1. The highest BCUT2D eigenvalue weighted by molar-refractivity contribution is 7.89. The average molecular weight is 530 g/mol. The summed E-state index contributed by atoms with van der Waals surface area (Å²) in [6, 6.07) is 16.5. The Morgan fingerprint density at radius 3 is 2.50 bits per heavy atom. The second-order valence-corrected chi connectivity index (χ2v) is 11.6. The first-order valence-electron chi connectivity index (χ1n) is 11.6. The molecule has 1 N–H and O–H groups in total. The van der Waals surface area contributed by atoms with Gasteiger partial charge in [0.1, 0.15) is 28.7 Å². The Hall–Kier alpha value is -3.12. The number of sulfonamides is 1. The molecule has 0 atom stereocenters. The number of hydrogen-bond acceptors (Lipinski definition) is 6. The topological polar surface area (TPSA) is 85.9 Å². The van der Waals surface area contributed by atoms with Crippen molar-refractivity contribution in [2.45, 2.75) is 11.8 Å². The quantitative estimate of drug-likeness (QED) is 0.372. The second kappa shape index (κ2) is 10.1. The van der Waals surface area contributed by atoms with Gasteiger partial charge in [0.15, 0.2) is 0 Å². The van der Waals surface area contributed by atoms with Gasteiger partial charge in [-0.1, -0.05) is 18.2 Å². The van der Waals surface area contributed by atoms with E-state index < -0.39 is 15.8 Å². The van der Waals surface area contributed by atoms with Crippen molar-refractivity contribution in [1.82, 2.24) is 14.1 Å². The lowest BCUT2D eigenvalue weighted by molar-refractivity contribution is -0.903. The lowest BCUT2D eigenvalue weighted by atomic mass is 10.3. The first kappa shape index (κ1) is 24.6. The van der Waals surface area contributed by atoms with E-state index >= 15 is 0 Å². The number of thiophene rings is 1. The predicted molar refractivity (Wildman–Crippen MR) is 135 cm³/mol. The van der Waals surface area contributed by atoms with Crippen LogP contribution in [0.2, 0.25) is 0 Å². The minimum atomic E-state index is -3.64. The molecule has 0 amide bonds. The number of nitrogens with zero attached hydrogens (tertiary/aromatic N) is 3. The van der Waals surface area contributed by atoms with Crippen LogP contribution >= 0.6 is 11.3 Å². The molecule has 2 aromatic carbocycles. The number of rotatable bonds is 7. The van der Waals surface area contributed by atoms with Gasteiger partial charge in [0, 0.05) is 5.39 Å². The van der Waals surface area contributed by atoms with Gasteiger partial charge in [-0.25, -0.2) is 22.3 Å². The number of ether oxygens (including phenoxy) is 1. The van der Waals surface area contributed by atoms with Gasteiger partial charge >= 0.3 is 5.97 Å². The third-order valence-electron chi connectivity index (χ3n) is 6.32. The summed E-state index contributed by atoms with van der Waals surface area (Å²) in [6.07, 6.45) is 0. The number of aromatic nitrogens is 2. The number of carbonyl (C=O) groups excluding carboxylic acids is 1. The van der Waals surface area contributed by atoms with Gasteiger partial charge in [-0.05, 0) is 49.4 Å². The summed E-state index contributed by atoms with van der Waals surface area (Å²) >= 11 is 1.36. The number of benzene rings is 2. The van der Waals surface area contributed by atoms with E-state index in [4.69, 9.17) is 4.74 Å². The van der Waals surface area contributed by atoms with Crippen LogP contribution in [-0.4, -0.2) is 67.8 Å². The zero-order valence-electron chi connectivity index (χ0n) is 19.7. The van der Waals surface area contributed by atoms with E-state index in [0.29, 0.717) is 37.6 Å². The lowest BCUT2D eigenvalue weighted by Crippen LogP contribution is -3.15. The highest BCUT2D eigenvalue weighted by Crippen LogP contribution is 2.30. The Kier molecular flexibility index (Phi) is 6.89. The molecule has 0 aliphatic carbocycles. The van der Waals surface area contributed by atoms with Gasteiger partial charge < -0.3 is 9.64 Å². The molecule has 1 aliphatic rings. The molecule has 11 heteroatoms. The molecule has 5 rings (SSSR count). The van der Waals surface area contributed by atoms with E-state index in [1.165, 1.54) is 32.7 Å². The molecule has 1 aliphatic heterocycles. The summed E-state index contributed by atoms with van der Waals surface area (Å²) in [7, 11) is -3.64. The standard InChI is InChI=1S/C25H25FN4O4S2/c1-18-22-17-23(35-24(22)30(27-18)20-5-3-2-4-6-20)25(31)34-16-15-28-11-13-29(14-12-28)36(32,33)21-9-7-19(26)8-10-21/h2-10,17H,11-16H2,1H3/p+1. The highest BCUT2D eigenvalue weighted by atomic mass is 32.2. The smallest absolute Gasteiger partial charge is 0.348 e. The molecule has 1 saturated heterocycles. The van der Waals surface area contributed by atoms with Crippen LogP contribution in [0.1, 0.15) is 15.4 Å². The number of quaternary nitrogens is 1. The summed E-state index contributed by atoms with van der Waals surface area (Å²) in [5.41, 5.74) is 1.78. The number of para-hydroxylation sites is 1. The van der Waals surface area contributed by atoms with Gasteiger partial charge in [-0.15, -0.1) is 11.3 Å². The largest absolute Gasteiger partial charge is 0.456 e. The van der Waals surface area contributed by atoms with E-state index in [0.717, 1.165) is 33.7 Å². The normalized spacial score (nSPS) is 15.4. The lowest BCUT2D eigenvalue weighted by Gasteiger charge is -2.31. The van der Waals surface area contributed by atoms with Gasteiger partial charge in [0.25, 0.3) is 0 Å². The SMILES string of the molecule is Cc1nn(-c2ccccc2)c2sc(C(=O)OCC[NH+]3CCN(S(=O)(=O)c4ccc(F)cc4)CC3)cc12. The third-order valence-corrected chi connectivity index (χ3v) is 9.32. The Balaban J connectivity index is 1.15. The summed E-state index contributed by atoms with van der Waals surface area (Å²) in [6.45, 7) is 4.68. The molecule has 4 aromatic rings. The van der Waals surface area contributed by atoms with Crippen LogP contribution in [0.4, 0.5) is 4.39 Å². The summed E-state index contributed by atoms with van der Waals surface area (Å²) in [4.78, 5) is 15.4. The fourth-order valence-corrected chi connectivity index (χ4v) is 6.82. The fraction of sp³-hybridized carbons (Fsp3) is 0.280. The van der Waals surface area contributed by atoms with Crippen molar-refractivity contribution in [2.24, 2.45) is 0 Å². The Morgan fingerprint density at radius 1 is 1.11 bits per heavy atom. The van der Waals surface area contributed by atoms with E-state index in [2.05, 4.69) is 5.10 Å². The number of halogens is 1. The number of fused-ring (bicyclic) bond motifs is 1. The maximum atomic E-state index is 13.1. The number of hydrogen-bond donors (Lipinski definition) is 1. The van der Waals surface area contributed by atoms with Crippen LogP contribution in [0, 0.1) is 12.7 Å². The average Bonchev–Trinajstić information content (AvgIpc) is 3.46. The number of carbonyl (C=O) groups is 1.